The van der Waals surface area contributed by atoms with Crippen molar-refractivity contribution in [1.82, 2.24) is 9.97 Å². The minimum Gasteiger partial charge on any atom is -0.381 e. The SMILES string of the molecule is CCc1cc2c(NC3CCOCC3)nc(NC)nc2s1. The summed E-state index contributed by atoms with van der Waals surface area (Å²) in [7, 11) is 1.85. The van der Waals surface area contributed by atoms with Crippen LogP contribution in [0.1, 0.15) is 24.6 Å². The molecule has 108 valence electrons. The van der Waals surface area contributed by atoms with E-state index in [9.17, 15) is 0 Å². The molecule has 0 saturated carbocycles. The molecule has 0 aromatic carbocycles. The van der Waals surface area contributed by atoms with E-state index in [-0.39, 0.29) is 0 Å². The average Bonchev–Trinajstić information content (AvgIpc) is 2.91. The van der Waals surface area contributed by atoms with Crippen LogP contribution in [0.15, 0.2) is 6.07 Å². The molecule has 0 aliphatic carbocycles. The Hall–Kier alpha value is -1.40. The molecule has 2 aromatic heterocycles. The van der Waals surface area contributed by atoms with Gasteiger partial charge in [0.1, 0.15) is 10.6 Å². The Bertz CT molecular complexity index is 592. The highest BCUT2D eigenvalue weighted by atomic mass is 32.1. The van der Waals surface area contributed by atoms with E-state index in [1.165, 1.54) is 4.88 Å². The lowest BCUT2D eigenvalue weighted by Gasteiger charge is -2.24. The van der Waals surface area contributed by atoms with Crippen molar-refractivity contribution in [3.05, 3.63) is 10.9 Å². The van der Waals surface area contributed by atoms with Crippen LogP contribution in [0, 0.1) is 0 Å². The Labute approximate surface area is 122 Å². The second-order valence-electron chi connectivity index (χ2n) is 4.96. The van der Waals surface area contributed by atoms with Crippen LogP contribution in [0.2, 0.25) is 0 Å². The molecule has 1 saturated heterocycles. The van der Waals surface area contributed by atoms with E-state index in [1.54, 1.807) is 11.3 Å². The fourth-order valence-electron chi connectivity index (χ4n) is 2.40. The Morgan fingerprint density at radius 1 is 1.35 bits per heavy atom. The van der Waals surface area contributed by atoms with E-state index < -0.39 is 0 Å². The molecule has 2 N–H and O–H groups in total. The maximum absolute atomic E-state index is 5.41. The lowest BCUT2D eigenvalue weighted by molar-refractivity contribution is 0.0904. The van der Waals surface area contributed by atoms with Crippen molar-refractivity contribution in [2.45, 2.75) is 32.2 Å². The number of ether oxygens (including phenoxy) is 1. The maximum atomic E-state index is 5.41. The quantitative estimate of drug-likeness (QED) is 0.907. The van der Waals surface area contributed by atoms with Crippen molar-refractivity contribution in [2.24, 2.45) is 0 Å². The summed E-state index contributed by atoms with van der Waals surface area (Å²) in [6, 6.07) is 2.65. The highest BCUT2D eigenvalue weighted by Gasteiger charge is 2.17. The fourth-order valence-corrected chi connectivity index (χ4v) is 3.37. The van der Waals surface area contributed by atoms with Gasteiger partial charge in [-0.05, 0) is 25.3 Å². The van der Waals surface area contributed by atoms with Crippen LogP contribution in [-0.2, 0) is 11.2 Å². The van der Waals surface area contributed by atoms with Gasteiger partial charge in [0.2, 0.25) is 5.95 Å². The molecule has 0 spiro atoms. The van der Waals surface area contributed by atoms with Gasteiger partial charge < -0.3 is 15.4 Å². The van der Waals surface area contributed by atoms with Crippen molar-refractivity contribution >= 4 is 33.3 Å². The monoisotopic (exact) mass is 292 g/mol. The molecule has 3 heterocycles. The minimum absolute atomic E-state index is 0.441. The Kier molecular flexibility index (Phi) is 4.03. The van der Waals surface area contributed by atoms with Crippen molar-refractivity contribution in [3.63, 3.8) is 0 Å². The predicted octanol–water partition coefficient (Wildman–Crippen LogP) is 2.89. The molecule has 0 atom stereocenters. The van der Waals surface area contributed by atoms with E-state index in [4.69, 9.17) is 4.74 Å². The molecule has 3 rings (SSSR count). The molecule has 6 heteroatoms. The van der Waals surface area contributed by atoms with Crippen molar-refractivity contribution in [3.8, 4) is 0 Å². The first-order valence-electron chi connectivity index (χ1n) is 7.12. The lowest BCUT2D eigenvalue weighted by Crippen LogP contribution is -2.28. The summed E-state index contributed by atoms with van der Waals surface area (Å²) in [6.07, 6.45) is 3.10. The number of aromatic nitrogens is 2. The molecule has 0 unspecified atom stereocenters. The molecule has 0 bridgehead atoms. The van der Waals surface area contributed by atoms with Crippen molar-refractivity contribution in [1.29, 1.82) is 0 Å². The Balaban J connectivity index is 1.95. The van der Waals surface area contributed by atoms with Gasteiger partial charge in [-0.2, -0.15) is 4.98 Å². The number of hydrogen-bond donors (Lipinski definition) is 2. The van der Waals surface area contributed by atoms with Crippen molar-refractivity contribution < 1.29 is 4.74 Å². The molecular formula is C14H20N4OS. The zero-order chi connectivity index (χ0) is 13.9. The first kappa shape index (κ1) is 13.6. The number of rotatable bonds is 4. The second-order valence-corrected chi connectivity index (χ2v) is 6.08. The third kappa shape index (κ3) is 2.71. The molecule has 0 radical (unpaired) electrons. The second kappa shape index (κ2) is 5.93. The largest absolute Gasteiger partial charge is 0.381 e. The van der Waals surface area contributed by atoms with E-state index in [1.807, 2.05) is 7.05 Å². The first-order valence-corrected chi connectivity index (χ1v) is 7.94. The number of aryl methyl sites for hydroxylation is 1. The maximum Gasteiger partial charge on any atom is 0.225 e. The summed E-state index contributed by atoms with van der Waals surface area (Å²) in [5.74, 6) is 1.62. The van der Waals surface area contributed by atoms with Gasteiger partial charge in [0.05, 0.1) is 5.39 Å². The molecule has 1 fully saturated rings. The predicted molar refractivity (Wildman–Crippen MR) is 83.8 cm³/mol. The number of hydrogen-bond acceptors (Lipinski definition) is 6. The topological polar surface area (TPSA) is 59.1 Å². The van der Waals surface area contributed by atoms with E-state index in [0.29, 0.717) is 12.0 Å². The number of fused-ring (bicyclic) bond motifs is 1. The fraction of sp³-hybridized carbons (Fsp3) is 0.571. The summed E-state index contributed by atoms with van der Waals surface area (Å²) < 4.78 is 5.41. The average molecular weight is 292 g/mol. The van der Waals surface area contributed by atoms with Gasteiger partial charge in [-0.1, -0.05) is 6.92 Å². The Morgan fingerprint density at radius 3 is 2.85 bits per heavy atom. The summed E-state index contributed by atoms with van der Waals surface area (Å²) in [5, 5.41) is 7.75. The van der Waals surface area contributed by atoms with Gasteiger partial charge in [0.15, 0.2) is 0 Å². The Morgan fingerprint density at radius 2 is 2.15 bits per heavy atom. The number of nitrogens with zero attached hydrogens (tertiary/aromatic N) is 2. The summed E-state index contributed by atoms with van der Waals surface area (Å²) in [4.78, 5) is 11.5. The van der Waals surface area contributed by atoms with Crippen molar-refractivity contribution in [2.75, 3.05) is 30.9 Å². The number of anilines is 2. The van der Waals surface area contributed by atoms with Crippen LogP contribution in [0.5, 0.6) is 0 Å². The van der Waals surface area contributed by atoms with Crippen LogP contribution in [0.4, 0.5) is 11.8 Å². The standard InChI is InChI=1S/C14H20N4OS/c1-3-10-8-11-12(16-9-4-6-19-7-5-9)17-14(15-2)18-13(11)20-10/h8-9H,3-7H2,1-2H3,(H2,15,16,17,18). The first-order chi connectivity index (χ1) is 9.80. The van der Waals surface area contributed by atoms with Gasteiger partial charge >= 0.3 is 0 Å². The zero-order valence-corrected chi connectivity index (χ0v) is 12.7. The lowest BCUT2D eigenvalue weighted by atomic mass is 10.1. The highest BCUT2D eigenvalue weighted by molar-refractivity contribution is 7.18. The minimum atomic E-state index is 0.441. The third-order valence-corrected chi connectivity index (χ3v) is 4.75. The summed E-state index contributed by atoms with van der Waals surface area (Å²) >= 11 is 1.75. The van der Waals surface area contributed by atoms with Gasteiger partial charge in [-0.25, -0.2) is 4.98 Å². The van der Waals surface area contributed by atoms with Crippen LogP contribution in [-0.4, -0.2) is 36.3 Å². The summed E-state index contributed by atoms with van der Waals surface area (Å²) in [5.41, 5.74) is 0. The molecule has 1 aliphatic rings. The van der Waals surface area contributed by atoms with Gasteiger partial charge in [-0.15, -0.1) is 11.3 Å². The normalized spacial score (nSPS) is 16.5. The van der Waals surface area contributed by atoms with Gasteiger partial charge in [-0.3, -0.25) is 0 Å². The highest BCUT2D eigenvalue weighted by Crippen LogP contribution is 2.31. The smallest absolute Gasteiger partial charge is 0.225 e. The van der Waals surface area contributed by atoms with Crippen LogP contribution < -0.4 is 10.6 Å². The van der Waals surface area contributed by atoms with E-state index >= 15 is 0 Å². The molecule has 20 heavy (non-hydrogen) atoms. The molecule has 2 aromatic rings. The van der Waals surface area contributed by atoms with E-state index in [0.717, 1.165) is 48.5 Å². The summed E-state index contributed by atoms with van der Waals surface area (Å²) in [6.45, 7) is 3.83. The molecule has 1 aliphatic heterocycles. The molecule has 0 amide bonds. The molecular weight excluding hydrogens is 272 g/mol. The number of thiophene rings is 1. The van der Waals surface area contributed by atoms with E-state index in [2.05, 4.69) is 33.6 Å². The van der Waals surface area contributed by atoms with Crippen LogP contribution >= 0.6 is 11.3 Å². The van der Waals surface area contributed by atoms with Gasteiger partial charge in [0, 0.05) is 31.2 Å². The van der Waals surface area contributed by atoms with Crippen LogP contribution in [0.25, 0.3) is 10.2 Å². The number of nitrogens with one attached hydrogen (secondary N) is 2. The third-order valence-electron chi connectivity index (χ3n) is 3.58. The van der Waals surface area contributed by atoms with Gasteiger partial charge in [0.25, 0.3) is 0 Å². The van der Waals surface area contributed by atoms with Crippen LogP contribution in [0.3, 0.4) is 0 Å². The zero-order valence-electron chi connectivity index (χ0n) is 11.9. The molecule has 5 nitrogen and oxygen atoms in total.